The van der Waals surface area contributed by atoms with Crippen molar-refractivity contribution in [2.75, 3.05) is 5.32 Å². The number of hydrogen-bond donors (Lipinski definition) is 1. The summed E-state index contributed by atoms with van der Waals surface area (Å²) in [5, 5.41) is 3.83. The van der Waals surface area contributed by atoms with E-state index >= 15 is 0 Å². The van der Waals surface area contributed by atoms with Crippen molar-refractivity contribution in [3.8, 4) is 0 Å². The van der Waals surface area contributed by atoms with E-state index in [0.717, 1.165) is 11.3 Å². The number of aliphatic imine (C=N–C) groups is 1. The van der Waals surface area contributed by atoms with Crippen molar-refractivity contribution in [2.45, 2.75) is 5.50 Å². The number of amidine groups is 1. The van der Waals surface area contributed by atoms with Gasteiger partial charge in [-0.15, -0.1) is 0 Å². The van der Waals surface area contributed by atoms with Crippen molar-refractivity contribution < 1.29 is 0 Å². The van der Waals surface area contributed by atoms with Crippen molar-refractivity contribution >= 4 is 45.8 Å². The summed E-state index contributed by atoms with van der Waals surface area (Å²) in [7, 11) is 0. The van der Waals surface area contributed by atoms with E-state index in [1.807, 2.05) is 6.07 Å². The van der Waals surface area contributed by atoms with E-state index in [-0.39, 0.29) is 0 Å². The maximum atomic E-state index is 5.94. The highest BCUT2D eigenvalue weighted by Crippen LogP contribution is 2.34. The number of fused-ring (bicyclic) bond motifs is 1. The Kier molecular flexibility index (Phi) is 2.37. The molecule has 0 radical (unpaired) electrons. The predicted molar refractivity (Wildman–Crippen MR) is 57.0 cm³/mol. The number of nitrogens with zero attached hydrogens (tertiary/aromatic N) is 1. The van der Waals surface area contributed by atoms with Gasteiger partial charge >= 0.3 is 0 Å². The first kappa shape index (κ1) is 9.13. The second-order valence-electron chi connectivity index (χ2n) is 2.61. The summed E-state index contributed by atoms with van der Waals surface area (Å²) in [6.45, 7) is 0. The Balaban J connectivity index is 2.50. The van der Waals surface area contributed by atoms with E-state index in [4.69, 9.17) is 34.8 Å². The lowest BCUT2D eigenvalue weighted by Gasteiger charge is -2.18. The van der Waals surface area contributed by atoms with Crippen molar-refractivity contribution in [1.29, 1.82) is 0 Å². The van der Waals surface area contributed by atoms with Crippen LogP contribution in [0.2, 0.25) is 5.02 Å². The second kappa shape index (κ2) is 3.37. The van der Waals surface area contributed by atoms with Gasteiger partial charge in [-0.2, -0.15) is 0 Å². The molecule has 1 aromatic carbocycles. The van der Waals surface area contributed by atoms with Gasteiger partial charge in [0.05, 0.1) is 0 Å². The Morgan fingerprint density at radius 3 is 2.85 bits per heavy atom. The maximum absolute atomic E-state index is 5.94. The van der Waals surface area contributed by atoms with Crippen LogP contribution in [0.25, 0.3) is 0 Å². The summed E-state index contributed by atoms with van der Waals surface area (Å²) in [6, 6.07) is 5.37. The van der Waals surface area contributed by atoms with E-state index in [0.29, 0.717) is 10.3 Å². The number of nitrogens with one attached hydrogen (secondary N) is 1. The molecule has 1 atom stereocenters. The van der Waals surface area contributed by atoms with Crippen molar-refractivity contribution in [3.63, 3.8) is 0 Å². The molecule has 0 saturated carbocycles. The van der Waals surface area contributed by atoms with E-state index < -0.39 is 5.50 Å². The molecule has 0 amide bonds. The molecule has 68 valence electrons. The molecular formula is C8H5Cl3N2. The lowest BCUT2D eigenvalue weighted by atomic mass is 10.1. The fraction of sp³-hybridized carbons (Fsp3) is 0.125. The average Bonchev–Trinajstić information content (AvgIpc) is 2.06. The van der Waals surface area contributed by atoms with E-state index in [9.17, 15) is 0 Å². The normalized spacial score (nSPS) is 20.2. The Morgan fingerprint density at radius 2 is 2.08 bits per heavy atom. The molecule has 0 aliphatic carbocycles. The van der Waals surface area contributed by atoms with Crippen LogP contribution in [-0.2, 0) is 0 Å². The van der Waals surface area contributed by atoms with Gasteiger partial charge < -0.3 is 5.32 Å². The summed E-state index contributed by atoms with van der Waals surface area (Å²) in [6.07, 6.45) is 0. The predicted octanol–water partition coefficient (Wildman–Crippen LogP) is 3.60. The molecule has 0 saturated heterocycles. The van der Waals surface area contributed by atoms with Crippen LogP contribution in [0.1, 0.15) is 11.1 Å². The first-order valence-electron chi connectivity index (χ1n) is 3.60. The van der Waals surface area contributed by atoms with Gasteiger partial charge in [0.15, 0.2) is 10.8 Å². The molecule has 1 heterocycles. The van der Waals surface area contributed by atoms with Gasteiger partial charge in [0, 0.05) is 16.3 Å². The van der Waals surface area contributed by atoms with Crippen molar-refractivity contribution in [3.05, 3.63) is 28.8 Å². The standard InChI is InChI=1S/C8H5Cl3N2/c9-4-1-2-6-5(3-4)7(10)13-8(11)12-6/h1-3,7H,(H,12,13). The molecule has 13 heavy (non-hydrogen) atoms. The van der Waals surface area contributed by atoms with Crippen LogP contribution in [0.4, 0.5) is 5.69 Å². The highest BCUT2D eigenvalue weighted by atomic mass is 35.5. The van der Waals surface area contributed by atoms with Crippen LogP contribution in [0.3, 0.4) is 0 Å². The van der Waals surface area contributed by atoms with E-state index in [2.05, 4.69) is 10.3 Å². The van der Waals surface area contributed by atoms with Crippen LogP contribution >= 0.6 is 34.8 Å². The third-order valence-electron chi connectivity index (χ3n) is 1.73. The van der Waals surface area contributed by atoms with Gasteiger partial charge in [0.1, 0.15) is 0 Å². The summed E-state index contributed by atoms with van der Waals surface area (Å²) in [4.78, 5) is 3.94. The van der Waals surface area contributed by atoms with E-state index in [1.54, 1.807) is 12.1 Å². The molecule has 1 aromatic rings. The zero-order valence-electron chi connectivity index (χ0n) is 6.39. The number of rotatable bonds is 0. The minimum absolute atomic E-state index is 0.301. The lowest BCUT2D eigenvalue weighted by Crippen LogP contribution is -2.13. The zero-order chi connectivity index (χ0) is 9.42. The van der Waals surface area contributed by atoms with Crippen LogP contribution < -0.4 is 5.32 Å². The lowest BCUT2D eigenvalue weighted by molar-refractivity contribution is 1.01. The van der Waals surface area contributed by atoms with Crippen LogP contribution in [-0.4, -0.2) is 5.29 Å². The van der Waals surface area contributed by atoms with Crippen LogP contribution in [0, 0.1) is 0 Å². The van der Waals surface area contributed by atoms with Crippen LogP contribution in [0.15, 0.2) is 23.2 Å². The third kappa shape index (κ3) is 1.75. The number of halogens is 3. The first-order valence-corrected chi connectivity index (χ1v) is 4.80. The van der Waals surface area contributed by atoms with Gasteiger partial charge in [0.25, 0.3) is 0 Å². The van der Waals surface area contributed by atoms with Gasteiger partial charge in [-0.25, -0.2) is 4.99 Å². The molecule has 2 rings (SSSR count). The summed E-state index contributed by atoms with van der Waals surface area (Å²) >= 11 is 17.5. The fourth-order valence-corrected chi connectivity index (χ4v) is 1.86. The maximum Gasteiger partial charge on any atom is 0.197 e. The van der Waals surface area contributed by atoms with Crippen LogP contribution in [0.5, 0.6) is 0 Å². The highest BCUT2D eigenvalue weighted by Gasteiger charge is 2.18. The third-order valence-corrected chi connectivity index (χ3v) is 2.49. The largest absolute Gasteiger partial charge is 0.330 e. The van der Waals surface area contributed by atoms with Gasteiger partial charge in [-0.05, 0) is 29.8 Å². The molecule has 1 aliphatic heterocycles. The number of alkyl halides is 1. The first-order chi connectivity index (χ1) is 6.16. The highest BCUT2D eigenvalue weighted by molar-refractivity contribution is 6.68. The average molecular weight is 236 g/mol. The molecule has 1 N–H and O–H groups in total. The summed E-state index contributed by atoms with van der Waals surface area (Å²) in [5.74, 6) is 0. The monoisotopic (exact) mass is 234 g/mol. The molecular weight excluding hydrogens is 230 g/mol. The Bertz CT molecular complexity index is 376. The molecule has 0 bridgehead atoms. The smallest absolute Gasteiger partial charge is 0.197 e. The quantitative estimate of drug-likeness (QED) is 0.539. The number of benzene rings is 1. The molecule has 0 spiro atoms. The molecule has 5 heteroatoms. The fourth-order valence-electron chi connectivity index (χ4n) is 1.16. The molecule has 2 nitrogen and oxygen atoms in total. The van der Waals surface area contributed by atoms with Gasteiger partial charge in [0.2, 0.25) is 0 Å². The number of hydrogen-bond acceptors (Lipinski definition) is 2. The Labute approximate surface area is 90.5 Å². The minimum Gasteiger partial charge on any atom is -0.330 e. The van der Waals surface area contributed by atoms with E-state index in [1.165, 1.54) is 0 Å². The minimum atomic E-state index is -0.456. The van der Waals surface area contributed by atoms with Gasteiger partial charge in [-0.1, -0.05) is 23.2 Å². The van der Waals surface area contributed by atoms with Crippen molar-refractivity contribution in [1.82, 2.24) is 0 Å². The molecule has 1 aliphatic rings. The molecule has 0 aromatic heterocycles. The Morgan fingerprint density at radius 1 is 1.31 bits per heavy atom. The number of anilines is 1. The van der Waals surface area contributed by atoms with Gasteiger partial charge in [-0.3, -0.25) is 0 Å². The topological polar surface area (TPSA) is 24.4 Å². The second-order valence-corrected chi connectivity index (χ2v) is 3.82. The Hall–Kier alpha value is -0.440. The van der Waals surface area contributed by atoms with Crippen molar-refractivity contribution in [2.24, 2.45) is 4.99 Å². The summed E-state index contributed by atoms with van der Waals surface area (Å²) in [5.41, 5.74) is 1.24. The molecule has 0 fully saturated rings. The molecule has 1 unspecified atom stereocenters. The summed E-state index contributed by atoms with van der Waals surface area (Å²) < 4.78 is 0. The zero-order valence-corrected chi connectivity index (χ0v) is 8.66. The SMILES string of the molecule is ClC1=NC(Cl)c2cc(Cl)ccc2N1.